The zero-order chi connectivity index (χ0) is 13.5. The molecule has 0 unspecified atom stereocenters. The van der Waals surface area contributed by atoms with Crippen LogP contribution in [0.25, 0.3) is 0 Å². The van der Waals surface area contributed by atoms with Crippen molar-refractivity contribution in [3.05, 3.63) is 0 Å². The molecule has 0 aromatic carbocycles. The third-order valence-corrected chi connectivity index (χ3v) is 3.78. The molecule has 5 heteroatoms. The van der Waals surface area contributed by atoms with Gasteiger partial charge in [-0.2, -0.15) is 0 Å². The molecule has 4 atom stereocenters. The summed E-state index contributed by atoms with van der Waals surface area (Å²) in [6, 6.07) is 0. The van der Waals surface area contributed by atoms with Crippen molar-refractivity contribution < 1.29 is 19.7 Å². The topological polar surface area (TPSA) is 62.2 Å². The van der Waals surface area contributed by atoms with E-state index in [-0.39, 0.29) is 31.8 Å². The van der Waals surface area contributed by atoms with Gasteiger partial charge >= 0.3 is 0 Å². The Bertz CT molecular complexity index is 227. The van der Waals surface area contributed by atoms with Gasteiger partial charge in [0, 0.05) is 27.3 Å². The number of hydrogen-bond donors (Lipinski definition) is 2. The molecule has 1 heterocycles. The van der Waals surface area contributed by atoms with E-state index in [2.05, 4.69) is 11.8 Å². The second-order valence-corrected chi connectivity index (χ2v) is 4.97. The minimum atomic E-state index is -0.287. The first kappa shape index (κ1) is 18.8. The van der Waals surface area contributed by atoms with Crippen LogP contribution in [0.2, 0.25) is 0 Å². The molecule has 0 bridgehead atoms. The predicted molar refractivity (Wildman–Crippen MR) is 76.3 cm³/mol. The lowest BCUT2D eigenvalue weighted by molar-refractivity contribution is 0.00983. The van der Waals surface area contributed by atoms with Crippen molar-refractivity contribution in [1.29, 1.82) is 0 Å². The number of likely N-dealkylation sites (N-methyl/N-ethyl adjacent to an activating group) is 1. The molecular formula is C14H31NO4. The predicted octanol–water partition coefficient (Wildman–Crippen LogP) is 0.880. The van der Waals surface area contributed by atoms with Crippen molar-refractivity contribution >= 4 is 0 Å². The maximum Gasteiger partial charge on any atom is 0.0969 e. The molecule has 2 fully saturated rings. The Kier molecular flexibility index (Phi) is 9.56. The van der Waals surface area contributed by atoms with E-state index >= 15 is 0 Å². The molecule has 0 aromatic rings. The number of hydrogen-bond acceptors (Lipinski definition) is 5. The number of aliphatic hydroxyl groups is 2. The Morgan fingerprint density at radius 1 is 1.00 bits per heavy atom. The fourth-order valence-electron chi connectivity index (χ4n) is 2.50. The Hall–Kier alpha value is -0.200. The van der Waals surface area contributed by atoms with Gasteiger partial charge in [0.05, 0.1) is 24.4 Å². The second-order valence-electron chi connectivity index (χ2n) is 4.97. The summed E-state index contributed by atoms with van der Waals surface area (Å²) in [6.07, 6.45) is 2.72. The van der Waals surface area contributed by atoms with E-state index in [0.717, 1.165) is 38.9 Å². The molecule has 2 rings (SSSR count). The van der Waals surface area contributed by atoms with Gasteiger partial charge in [0.25, 0.3) is 0 Å². The van der Waals surface area contributed by atoms with Crippen molar-refractivity contribution in [2.24, 2.45) is 0 Å². The van der Waals surface area contributed by atoms with Gasteiger partial charge in [0.2, 0.25) is 0 Å². The van der Waals surface area contributed by atoms with E-state index in [0.29, 0.717) is 0 Å². The SMILES string of the molecule is C.CCN1C[C@@H](O)[C@H](OC)C1.CO[C@@H]1CCC[C@H]1O. The lowest BCUT2D eigenvalue weighted by Gasteiger charge is -2.10. The van der Waals surface area contributed by atoms with Crippen LogP contribution in [-0.2, 0) is 9.47 Å². The van der Waals surface area contributed by atoms with Gasteiger partial charge in [-0.15, -0.1) is 0 Å². The molecule has 0 amide bonds. The minimum Gasteiger partial charge on any atom is -0.390 e. The second kappa shape index (κ2) is 9.66. The zero-order valence-electron chi connectivity index (χ0n) is 11.7. The quantitative estimate of drug-likeness (QED) is 0.802. The molecular weight excluding hydrogens is 246 g/mol. The van der Waals surface area contributed by atoms with Gasteiger partial charge < -0.3 is 19.7 Å². The third-order valence-electron chi connectivity index (χ3n) is 3.78. The number of rotatable bonds is 3. The van der Waals surface area contributed by atoms with Gasteiger partial charge in [-0.1, -0.05) is 14.4 Å². The third kappa shape index (κ3) is 5.75. The maximum absolute atomic E-state index is 9.32. The normalized spacial score (nSPS) is 34.6. The minimum absolute atomic E-state index is 0. The van der Waals surface area contributed by atoms with E-state index in [4.69, 9.17) is 14.6 Å². The molecule has 19 heavy (non-hydrogen) atoms. The molecule has 116 valence electrons. The molecule has 0 spiro atoms. The molecule has 2 N–H and O–H groups in total. The number of methoxy groups -OCH3 is 2. The van der Waals surface area contributed by atoms with Crippen LogP contribution in [0.15, 0.2) is 0 Å². The highest BCUT2D eigenvalue weighted by Gasteiger charge is 2.29. The number of ether oxygens (including phenoxy) is 2. The summed E-state index contributed by atoms with van der Waals surface area (Å²) < 4.78 is 10.0. The molecule has 0 aromatic heterocycles. The molecule has 2 aliphatic rings. The van der Waals surface area contributed by atoms with Crippen LogP contribution in [-0.4, -0.2) is 73.4 Å². The summed E-state index contributed by atoms with van der Waals surface area (Å²) in [5, 5.41) is 18.4. The smallest absolute Gasteiger partial charge is 0.0969 e. The van der Waals surface area contributed by atoms with Crippen LogP contribution in [0.4, 0.5) is 0 Å². The van der Waals surface area contributed by atoms with Crippen molar-refractivity contribution in [1.82, 2.24) is 4.90 Å². The lowest BCUT2D eigenvalue weighted by Crippen LogP contribution is -2.25. The Balaban J connectivity index is 0.000000331. The van der Waals surface area contributed by atoms with E-state index in [1.54, 1.807) is 14.2 Å². The van der Waals surface area contributed by atoms with Crippen LogP contribution < -0.4 is 0 Å². The fourth-order valence-corrected chi connectivity index (χ4v) is 2.50. The van der Waals surface area contributed by atoms with Gasteiger partial charge in [-0.25, -0.2) is 0 Å². The van der Waals surface area contributed by atoms with Gasteiger partial charge in [-0.05, 0) is 25.8 Å². The fraction of sp³-hybridized carbons (Fsp3) is 1.00. The standard InChI is InChI=1S/C7H15NO2.C6H12O2.CH4/c1-3-8-4-6(9)7(5-8)10-2;1-8-6-4-2-3-5(6)7;/h6-7,9H,3-5H2,1-2H3;5-7H,2-4H2,1H3;1H4/t6-,7-;5-,6-;/m11./s1. The summed E-state index contributed by atoms with van der Waals surface area (Å²) in [5.74, 6) is 0. The lowest BCUT2D eigenvalue weighted by atomic mass is 10.3. The van der Waals surface area contributed by atoms with Crippen molar-refractivity contribution in [3.63, 3.8) is 0 Å². The Morgan fingerprint density at radius 3 is 1.89 bits per heavy atom. The van der Waals surface area contributed by atoms with E-state index in [9.17, 15) is 5.11 Å². The molecule has 1 saturated carbocycles. The van der Waals surface area contributed by atoms with Crippen LogP contribution in [0.1, 0.15) is 33.6 Å². The van der Waals surface area contributed by atoms with E-state index in [1.165, 1.54) is 0 Å². The Morgan fingerprint density at radius 2 is 1.63 bits per heavy atom. The van der Waals surface area contributed by atoms with Gasteiger partial charge in [0.15, 0.2) is 0 Å². The molecule has 5 nitrogen and oxygen atoms in total. The largest absolute Gasteiger partial charge is 0.390 e. The van der Waals surface area contributed by atoms with Crippen LogP contribution in [0.5, 0.6) is 0 Å². The monoisotopic (exact) mass is 277 g/mol. The zero-order valence-corrected chi connectivity index (χ0v) is 11.7. The van der Waals surface area contributed by atoms with E-state index < -0.39 is 0 Å². The Labute approximate surface area is 117 Å². The number of nitrogens with zero attached hydrogens (tertiary/aromatic N) is 1. The average Bonchev–Trinajstić information content (AvgIpc) is 2.95. The summed E-state index contributed by atoms with van der Waals surface area (Å²) in [5.41, 5.74) is 0. The summed E-state index contributed by atoms with van der Waals surface area (Å²) in [7, 11) is 3.30. The van der Waals surface area contributed by atoms with Gasteiger partial charge in [0.1, 0.15) is 0 Å². The number of likely N-dealkylation sites (tertiary alicyclic amines) is 1. The first-order valence-corrected chi connectivity index (χ1v) is 6.76. The summed E-state index contributed by atoms with van der Waals surface area (Å²) >= 11 is 0. The van der Waals surface area contributed by atoms with Gasteiger partial charge in [-0.3, -0.25) is 4.90 Å². The van der Waals surface area contributed by atoms with E-state index in [1.807, 2.05) is 0 Å². The first-order valence-electron chi connectivity index (χ1n) is 6.76. The van der Waals surface area contributed by atoms with Crippen LogP contribution in [0, 0.1) is 0 Å². The molecule has 1 aliphatic carbocycles. The highest BCUT2D eigenvalue weighted by atomic mass is 16.5. The van der Waals surface area contributed by atoms with Crippen molar-refractivity contribution in [2.45, 2.75) is 58.0 Å². The highest BCUT2D eigenvalue weighted by Crippen LogP contribution is 2.20. The number of β-amino-alcohol motifs (C(OH)–C–C–N with tert-alkyl or cyclic N) is 1. The highest BCUT2D eigenvalue weighted by molar-refractivity contribution is 4.83. The average molecular weight is 277 g/mol. The molecule has 0 radical (unpaired) electrons. The first-order chi connectivity index (χ1) is 8.62. The number of aliphatic hydroxyl groups excluding tert-OH is 2. The molecule has 1 aliphatic heterocycles. The molecule has 1 saturated heterocycles. The van der Waals surface area contributed by atoms with Crippen molar-refractivity contribution in [3.8, 4) is 0 Å². The van der Waals surface area contributed by atoms with Crippen LogP contribution in [0.3, 0.4) is 0 Å². The summed E-state index contributed by atoms with van der Waals surface area (Å²) in [4.78, 5) is 2.18. The van der Waals surface area contributed by atoms with Crippen molar-refractivity contribution in [2.75, 3.05) is 33.9 Å². The maximum atomic E-state index is 9.32. The summed E-state index contributed by atoms with van der Waals surface area (Å²) in [6.45, 7) is 4.71. The van der Waals surface area contributed by atoms with Crippen LogP contribution >= 0.6 is 0 Å².